The van der Waals surface area contributed by atoms with E-state index >= 15 is 0 Å². The topological polar surface area (TPSA) is 38.9 Å². The molecule has 0 amide bonds. The van der Waals surface area contributed by atoms with Gasteiger partial charge in [-0.25, -0.2) is 13.8 Å². The molecule has 0 aliphatic heterocycles. The molecule has 2 rings (SSSR count). The maximum Gasteiger partial charge on any atom is 0.417 e. The molecule has 1 aromatic heterocycles. The molecule has 2 N–H and O–H groups in total. The number of halogens is 5. The number of benzene rings is 1. The number of alkyl halides is 3. The summed E-state index contributed by atoms with van der Waals surface area (Å²) in [5.41, 5.74) is 2.97. The van der Waals surface area contributed by atoms with Gasteiger partial charge in [0.25, 0.3) is 0 Å². The lowest BCUT2D eigenvalue weighted by Crippen LogP contribution is -2.10. The van der Waals surface area contributed by atoms with Crippen molar-refractivity contribution in [1.82, 2.24) is 4.98 Å². The average Bonchev–Trinajstić information content (AvgIpc) is 2.32. The average molecular weight is 274 g/mol. The van der Waals surface area contributed by atoms with Crippen molar-refractivity contribution in [3.63, 3.8) is 0 Å². The summed E-state index contributed by atoms with van der Waals surface area (Å²) in [6.07, 6.45) is -3.88. The van der Waals surface area contributed by atoms with Gasteiger partial charge in [-0.1, -0.05) is 12.1 Å². The van der Waals surface area contributed by atoms with Crippen molar-refractivity contribution >= 4 is 5.82 Å². The third-order valence-electron chi connectivity index (χ3n) is 2.51. The predicted molar refractivity (Wildman–Crippen MR) is 59.0 cm³/mol. The van der Waals surface area contributed by atoms with E-state index in [1.54, 1.807) is 0 Å². The van der Waals surface area contributed by atoms with Crippen LogP contribution in [0.2, 0.25) is 0 Å². The van der Waals surface area contributed by atoms with Crippen LogP contribution in [-0.2, 0) is 6.18 Å². The molecule has 1 heterocycles. The van der Waals surface area contributed by atoms with Crippen LogP contribution in [0.25, 0.3) is 11.1 Å². The van der Waals surface area contributed by atoms with Crippen molar-refractivity contribution in [2.75, 3.05) is 5.73 Å². The Bertz CT molecular complexity index is 622. The molecular weight excluding hydrogens is 267 g/mol. The van der Waals surface area contributed by atoms with Gasteiger partial charge in [0.1, 0.15) is 5.82 Å². The molecule has 1 aromatic carbocycles. The number of aromatic nitrogens is 1. The van der Waals surface area contributed by atoms with Gasteiger partial charge >= 0.3 is 6.18 Å². The van der Waals surface area contributed by atoms with Crippen LogP contribution in [0.3, 0.4) is 0 Å². The smallest absolute Gasteiger partial charge is 0.383 e. The lowest BCUT2D eigenvalue weighted by Gasteiger charge is -2.14. The highest BCUT2D eigenvalue weighted by atomic mass is 19.4. The van der Waals surface area contributed by atoms with Crippen LogP contribution in [0.5, 0.6) is 0 Å². The van der Waals surface area contributed by atoms with Crippen molar-refractivity contribution in [3.05, 3.63) is 47.7 Å². The Morgan fingerprint density at radius 1 is 1.05 bits per heavy atom. The summed E-state index contributed by atoms with van der Waals surface area (Å²) < 4.78 is 65.3. The van der Waals surface area contributed by atoms with Gasteiger partial charge in [-0.3, -0.25) is 0 Å². The van der Waals surface area contributed by atoms with E-state index in [0.29, 0.717) is 6.07 Å². The van der Waals surface area contributed by atoms with E-state index in [4.69, 9.17) is 5.73 Å². The van der Waals surface area contributed by atoms with E-state index in [2.05, 4.69) is 4.98 Å². The summed E-state index contributed by atoms with van der Waals surface area (Å²) in [5, 5.41) is 0. The van der Waals surface area contributed by atoms with Crippen LogP contribution in [0.15, 0.2) is 30.5 Å². The Labute approximate surface area is 104 Å². The summed E-state index contributed by atoms with van der Waals surface area (Å²) in [4.78, 5) is 3.49. The van der Waals surface area contributed by atoms with Gasteiger partial charge in [0.05, 0.1) is 5.56 Å². The highest BCUT2D eigenvalue weighted by Crippen LogP contribution is 2.40. The molecule has 0 saturated carbocycles. The van der Waals surface area contributed by atoms with Gasteiger partial charge in [-0.2, -0.15) is 13.2 Å². The molecule has 0 aliphatic rings. The van der Waals surface area contributed by atoms with Crippen molar-refractivity contribution in [2.24, 2.45) is 0 Å². The van der Waals surface area contributed by atoms with Gasteiger partial charge in [0.15, 0.2) is 11.6 Å². The first kappa shape index (κ1) is 13.3. The van der Waals surface area contributed by atoms with E-state index in [0.717, 1.165) is 24.4 Å². The van der Waals surface area contributed by atoms with Gasteiger partial charge in [-0.15, -0.1) is 0 Å². The molecule has 2 aromatic rings. The molecule has 0 spiro atoms. The first-order chi connectivity index (χ1) is 8.82. The first-order valence-corrected chi connectivity index (χ1v) is 5.08. The number of nitrogen functional groups attached to an aromatic ring is 1. The van der Waals surface area contributed by atoms with Crippen LogP contribution in [-0.4, -0.2) is 4.98 Å². The molecule has 2 nitrogen and oxygen atoms in total. The van der Waals surface area contributed by atoms with Gasteiger partial charge in [0, 0.05) is 17.3 Å². The van der Waals surface area contributed by atoms with E-state index in [1.165, 1.54) is 0 Å². The number of hydrogen-bond acceptors (Lipinski definition) is 2. The van der Waals surface area contributed by atoms with Gasteiger partial charge in [-0.05, 0) is 12.1 Å². The summed E-state index contributed by atoms with van der Waals surface area (Å²) >= 11 is 0. The molecule has 0 radical (unpaired) electrons. The number of anilines is 1. The number of hydrogen-bond donors (Lipinski definition) is 1. The highest BCUT2D eigenvalue weighted by molar-refractivity contribution is 5.77. The zero-order valence-corrected chi connectivity index (χ0v) is 9.30. The second-order valence-corrected chi connectivity index (χ2v) is 3.72. The Balaban J connectivity index is 2.79. The largest absolute Gasteiger partial charge is 0.417 e. The Hall–Kier alpha value is -2.18. The van der Waals surface area contributed by atoms with Crippen LogP contribution >= 0.6 is 0 Å². The van der Waals surface area contributed by atoms with Gasteiger partial charge in [0.2, 0.25) is 0 Å². The van der Waals surface area contributed by atoms with Crippen LogP contribution in [0, 0.1) is 11.6 Å². The van der Waals surface area contributed by atoms with Crippen molar-refractivity contribution < 1.29 is 22.0 Å². The van der Waals surface area contributed by atoms with Crippen LogP contribution in [0.4, 0.5) is 27.8 Å². The van der Waals surface area contributed by atoms with E-state index in [9.17, 15) is 22.0 Å². The zero-order valence-electron chi connectivity index (χ0n) is 9.30. The van der Waals surface area contributed by atoms with Crippen LogP contribution < -0.4 is 5.73 Å². The van der Waals surface area contributed by atoms with E-state index in [-0.39, 0.29) is 0 Å². The van der Waals surface area contributed by atoms with Crippen molar-refractivity contribution in [1.29, 1.82) is 0 Å². The molecular formula is C12H7F5N2. The van der Waals surface area contributed by atoms with Gasteiger partial charge < -0.3 is 5.73 Å². The number of rotatable bonds is 1. The minimum Gasteiger partial charge on any atom is -0.383 e. The maximum atomic E-state index is 13.6. The second-order valence-electron chi connectivity index (χ2n) is 3.72. The van der Waals surface area contributed by atoms with Crippen molar-refractivity contribution in [3.8, 4) is 11.1 Å². The summed E-state index contributed by atoms with van der Waals surface area (Å²) in [5.74, 6) is -3.17. The lowest BCUT2D eigenvalue weighted by molar-refractivity contribution is -0.137. The molecule has 0 atom stereocenters. The molecule has 0 unspecified atom stereocenters. The maximum absolute atomic E-state index is 13.6. The molecule has 0 aliphatic carbocycles. The summed E-state index contributed by atoms with van der Waals surface area (Å²) in [6.45, 7) is 0. The Morgan fingerprint density at radius 2 is 1.74 bits per heavy atom. The Kier molecular flexibility index (Phi) is 3.13. The standard InChI is InChI=1S/C12H7F5N2/c13-8-3-1-2-6(10(8)14)9-7(12(15,16)17)4-5-19-11(9)18/h1-5H,(H2,18,19). The third kappa shape index (κ3) is 2.35. The zero-order chi connectivity index (χ0) is 14.2. The fourth-order valence-electron chi connectivity index (χ4n) is 1.69. The SMILES string of the molecule is Nc1nccc(C(F)(F)F)c1-c1cccc(F)c1F. The number of pyridine rings is 1. The molecule has 0 bridgehead atoms. The molecule has 0 saturated heterocycles. The monoisotopic (exact) mass is 274 g/mol. The van der Waals surface area contributed by atoms with E-state index in [1.807, 2.05) is 0 Å². The predicted octanol–water partition coefficient (Wildman–Crippen LogP) is 3.63. The molecule has 19 heavy (non-hydrogen) atoms. The fraction of sp³-hybridized carbons (Fsp3) is 0.0833. The lowest BCUT2D eigenvalue weighted by atomic mass is 9.99. The first-order valence-electron chi connectivity index (χ1n) is 5.08. The fourth-order valence-corrected chi connectivity index (χ4v) is 1.69. The number of nitrogens with two attached hydrogens (primary N) is 1. The molecule has 0 fully saturated rings. The third-order valence-corrected chi connectivity index (χ3v) is 2.51. The second kappa shape index (κ2) is 4.49. The Morgan fingerprint density at radius 3 is 2.37 bits per heavy atom. The van der Waals surface area contributed by atoms with Crippen LogP contribution in [0.1, 0.15) is 5.56 Å². The minimum absolute atomic E-state index is 0.515. The molecule has 100 valence electrons. The summed E-state index contributed by atoms with van der Waals surface area (Å²) in [6, 6.07) is 3.58. The number of nitrogens with zero attached hydrogens (tertiary/aromatic N) is 1. The van der Waals surface area contributed by atoms with E-state index < -0.39 is 40.3 Å². The molecule has 7 heteroatoms. The van der Waals surface area contributed by atoms with Crippen molar-refractivity contribution in [2.45, 2.75) is 6.18 Å². The summed E-state index contributed by atoms with van der Waals surface area (Å²) in [7, 11) is 0. The highest BCUT2D eigenvalue weighted by Gasteiger charge is 2.35. The normalized spacial score (nSPS) is 11.6. The quantitative estimate of drug-likeness (QED) is 0.806. The minimum atomic E-state index is -4.74.